The molecule has 0 bridgehead atoms. The molecule has 150 valence electrons. The fraction of sp³-hybridized carbons (Fsp3) is 0.200. The predicted molar refractivity (Wildman–Crippen MR) is 100 cm³/mol. The van der Waals surface area contributed by atoms with Gasteiger partial charge in [-0.25, -0.2) is 8.78 Å². The molecule has 1 fully saturated rings. The zero-order valence-electron chi connectivity index (χ0n) is 15.6. The molecule has 3 rings (SSSR count). The van der Waals surface area contributed by atoms with Crippen LogP contribution in [-0.2, 0) is 16.0 Å². The first-order chi connectivity index (χ1) is 13.6. The Bertz CT molecular complexity index is 1040. The van der Waals surface area contributed by atoms with E-state index in [0.717, 1.165) is 23.1 Å². The number of hydrogen-bond acceptors (Lipinski definition) is 4. The van der Waals surface area contributed by atoms with Gasteiger partial charge in [0.15, 0.2) is 0 Å². The van der Waals surface area contributed by atoms with Crippen LogP contribution in [0.15, 0.2) is 48.2 Å². The number of rotatable bonds is 4. The first-order valence-corrected chi connectivity index (χ1v) is 8.62. The summed E-state index contributed by atoms with van der Waals surface area (Å²) >= 11 is 0. The molecule has 2 aromatic rings. The van der Waals surface area contributed by atoms with E-state index in [1.165, 1.54) is 44.3 Å². The van der Waals surface area contributed by atoms with Gasteiger partial charge in [-0.05, 0) is 36.8 Å². The van der Waals surface area contributed by atoms with E-state index in [1.54, 1.807) is 0 Å². The molecule has 0 saturated carbocycles. The molecule has 9 heteroatoms. The average Bonchev–Trinajstić information content (AvgIpc) is 2.66. The first kappa shape index (κ1) is 20.1. The molecule has 1 heterocycles. The SMILES string of the molecule is CN1C(=O)C(C)(Cc2ccc(F)cc2)NC(=O)C1=Cc1c(F)cccc1[N+](=O)[O-]. The van der Waals surface area contributed by atoms with Crippen molar-refractivity contribution >= 4 is 23.6 Å². The van der Waals surface area contributed by atoms with Crippen LogP contribution in [0.1, 0.15) is 18.1 Å². The number of halogens is 2. The third-order valence-corrected chi connectivity index (χ3v) is 4.74. The van der Waals surface area contributed by atoms with Gasteiger partial charge in [0.25, 0.3) is 17.5 Å². The van der Waals surface area contributed by atoms with Gasteiger partial charge >= 0.3 is 0 Å². The third-order valence-electron chi connectivity index (χ3n) is 4.74. The fourth-order valence-electron chi connectivity index (χ4n) is 3.26. The van der Waals surface area contributed by atoms with Crippen molar-refractivity contribution in [1.29, 1.82) is 0 Å². The Balaban J connectivity index is 1.96. The van der Waals surface area contributed by atoms with Crippen LogP contribution in [0.25, 0.3) is 6.08 Å². The van der Waals surface area contributed by atoms with Gasteiger partial charge in [0.2, 0.25) is 0 Å². The van der Waals surface area contributed by atoms with Crippen LogP contribution < -0.4 is 5.32 Å². The Labute approximate surface area is 164 Å². The summed E-state index contributed by atoms with van der Waals surface area (Å²) in [6.45, 7) is 1.52. The Hall–Kier alpha value is -3.62. The van der Waals surface area contributed by atoms with Crippen molar-refractivity contribution in [3.63, 3.8) is 0 Å². The molecule has 1 unspecified atom stereocenters. The van der Waals surface area contributed by atoms with Crippen molar-refractivity contribution in [2.75, 3.05) is 7.05 Å². The summed E-state index contributed by atoms with van der Waals surface area (Å²) in [5.74, 6) is -2.49. The molecule has 0 radical (unpaired) electrons. The van der Waals surface area contributed by atoms with Gasteiger partial charge in [0.05, 0.1) is 10.5 Å². The third kappa shape index (κ3) is 3.84. The highest BCUT2D eigenvalue weighted by molar-refractivity contribution is 6.09. The highest BCUT2D eigenvalue weighted by atomic mass is 19.1. The van der Waals surface area contributed by atoms with Crippen LogP contribution in [0.3, 0.4) is 0 Å². The quantitative estimate of drug-likeness (QED) is 0.484. The Kier molecular flexibility index (Phi) is 5.15. The fourth-order valence-corrected chi connectivity index (χ4v) is 3.26. The maximum absolute atomic E-state index is 14.2. The van der Waals surface area contributed by atoms with Crippen LogP contribution in [0.5, 0.6) is 0 Å². The minimum absolute atomic E-state index is 0.106. The van der Waals surface area contributed by atoms with Gasteiger partial charge < -0.3 is 10.2 Å². The summed E-state index contributed by atoms with van der Waals surface area (Å²) in [6.07, 6.45) is 1.09. The Morgan fingerprint density at radius 1 is 1.17 bits per heavy atom. The summed E-state index contributed by atoms with van der Waals surface area (Å²) in [4.78, 5) is 37.1. The number of nitrogens with one attached hydrogen (secondary N) is 1. The number of carbonyl (C=O) groups is 2. The van der Waals surface area contributed by atoms with Crippen LogP contribution in [0, 0.1) is 21.7 Å². The minimum atomic E-state index is -1.32. The van der Waals surface area contributed by atoms with E-state index in [4.69, 9.17) is 0 Å². The predicted octanol–water partition coefficient (Wildman–Crippen LogP) is 2.80. The van der Waals surface area contributed by atoms with E-state index in [2.05, 4.69) is 5.32 Å². The molecule has 1 N–H and O–H groups in total. The molecule has 1 aliphatic heterocycles. The zero-order chi connectivity index (χ0) is 21.3. The van der Waals surface area contributed by atoms with E-state index in [1.807, 2.05) is 0 Å². The highest BCUT2D eigenvalue weighted by Crippen LogP contribution is 2.28. The van der Waals surface area contributed by atoms with Crippen LogP contribution >= 0.6 is 0 Å². The van der Waals surface area contributed by atoms with Gasteiger partial charge in [-0.1, -0.05) is 18.2 Å². The van der Waals surface area contributed by atoms with Crippen molar-refractivity contribution in [3.8, 4) is 0 Å². The number of piperazine rings is 1. The maximum atomic E-state index is 14.2. The van der Waals surface area contributed by atoms with Gasteiger partial charge in [0.1, 0.15) is 22.9 Å². The van der Waals surface area contributed by atoms with E-state index >= 15 is 0 Å². The standard InChI is InChI=1S/C20H17F2N3O4/c1-20(11-12-6-8-13(21)9-7-12)19(27)24(2)17(18(26)23-20)10-14-15(22)4-3-5-16(14)25(28)29/h3-10H,11H2,1-2H3,(H,23,26). The molecular weight excluding hydrogens is 384 g/mol. The second-order valence-electron chi connectivity index (χ2n) is 6.91. The second kappa shape index (κ2) is 7.42. The van der Waals surface area contributed by atoms with Crippen molar-refractivity contribution in [3.05, 3.63) is 81.0 Å². The molecule has 1 saturated heterocycles. The number of benzene rings is 2. The van der Waals surface area contributed by atoms with Crippen LogP contribution in [0.2, 0.25) is 0 Å². The number of carbonyl (C=O) groups excluding carboxylic acids is 2. The summed E-state index contributed by atoms with van der Waals surface area (Å²) < 4.78 is 27.3. The normalized spacial score (nSPS) is 20.7. The minimum Gasteiger partial charge on any atom is -0.336 e. The lowest BCUT2D eigenvalue weighted by Crippen LogP contribution is -2.64. The lowest BCUT2D eigenvalue weighted by atomic mass is 9.88. The number of nitrogens with zero attached hydrogens (tertiary/aromatic N) is 2. The molecule has 0 aromatic heterocycles. The van der Waals surface area contributed by atoms with Crippen LogP contribution in [-0.4, -0.2) is 34.2 Å². The average molecular weight is 401 g/mol. The number of nitro benzene ring substituents is 1. The van der Waals surface area contributed by atoms with E-state index in [9.17, 15) is 28.5 Å². The van der Waals surface area contributed by atoms with E-state index in [-0.39, 0.29) is 12.1 Å². The number of likely N-dealkylation sites (N-methyl/N-ethyl adjacent to an activating group) is 1. The lowest BCUT2D eigenvalue weighted by Gasteiger charge is -2.39. The monoisotopic (exact) mass is 401 g/mol. The van der Waals surface area contributed by atoms with Crippen LogP contribution in [0.4, 0.5) is 14.5 Å². The van der Waals surface area contributed by atoms with Crippen molar-refractivity contribution < 1.29 is 23.3 Å². The molecule has 2 aromatic carbocycles. The Morgan fingerprint density at radius 3 is 2.45 bits per heavy atom. The maximum Gasteiger partial charge on any atom is 0.279 e. The molecule has 29 heavy (non-hydrogen) atoms. The molecule has 1 atom stereocenters. The van der Waals surface area contributed by atoms with Gasteiger partial charge in [-0.15, -0.1) is 0 Å². The second-order valence-corrected chi connectivity index (χ2v) is 6.91. The van der Waals surface area contributed by atoms with E-state index in [0.29, 0.717) is 5.56 Å². The smallest absolute Gasteiger partial charge is 0.279 e. The highest BCUT2D eigenvalue weighted by Gasteiger charge is 2.44. The summed E-state index contributed by atoms with van der Waals surface area (Å²) in [7, 11) is 1.34. The lowest BCUT2D eigenvalue weighted by molar-refractivity contribution is -0.385. The van der Waals surface area contributed by atoms with Crippen molar-refractivity contribution in [2.24, 2.45) is 0 Å². The van der Waals surface area contributed by atoms with Crippen molar-refractivity contribution in [1.82, 2.24) is 10.2 Å². The molecule has 2 amide bonds. The number of nitro groups is 1. The van der Waals surface area contributed by atoms with Gasteiger partial charge in [-0.3, -0.25) is 19.7 Å². The first-order valence-electron chi connectivity index (χ1n) is 8.62. The molecule has 7 nitrogen and oxygen atoms in total. The van der Waals surface area contributed by atoms with Gasteiger partial charge in [0, 0.05) is 19.5 Å². The molecular formula is C20H17F2N3O4. The van der Waals surface area contributed by atoms with E-state index < -0.39 is 45.2 Å². The summed E-state index contributed by atoms with van der Waals surface area (Å²) in [6, 6.07) is 8.84. The molecule has 0 aliphatic carbocycles. The Morgan fingerprint density at radius 2 is 1.83 bits per heavy atom. The zero-order valence-corrected chi connectivity index (χ0v) is 15.6. The summed E-state index contributed by atoms with van der Waals surface area (Å²) in [5.41, 5.74) is -1.83. The molecule has 1 aliphatic rings. The van der Waals surface area contributed by atoms with Gasteiger partial charge in [-0.2, -0.15) is 0 Å². The summed E-state index contributed by atoms with van der Waals surface area (Å²) in [5, 5.41) is 13.8. The number of hydrogen-bond donors (Lipinski definition) is 1. The topological polar surface area (TPSA) is 92.6 Å². The van der Waals surface area contributed by atoms with Crippen molar-refractivity contribution in [2.45, 2.75) is 18.9 Å². The molecule has 0 spiro atoms. The number of amides is 2. The largest absolute Gasteiger partial charge is 0.336 e.